The molecule has 1 atom stereocenters. The summed E-state index contributed by atoms with van der Waals surface area (Å²) in [6, 6.07) is 0.0986. The van der Waals surface area contributed by atoms with Crippen molar-refractivity contribution in [3.63, 3.8) is 0 Å². The molecule has 1 aromatic rings. The van der Waals surface area contributed by atoms with Gasteiger partial charge in [0.15, 0.2) is 0 Å². The number of carbonyl (C=O) groups is 1. The van der Waals surface area contributed by atoms with Gasteiger partial charge in [-0.1, -0.05) is 0 Å². The van der Waals surface area contributed by atoms with Gasteiger partial charge in [0.1, 0.15) is 5.01 Å². The highest BCUT2D eigenvalue weighted by Crippen LogP contribution is 2.23. The molecule has 1 saturated heterocycles. The van der Waals surface area contributed by atoms with Gasteiger partial charge in [-0.05, 0) is 6.92 Å². The second-order valence-electron chi connectivity index (χ2n) is 4.19. The van der Waals surface area contributed by atoms with Gasteiger partial charge in [0.2, 0.25) is 0 Å². The highest BCUT2D eigenvalue weighted by molar-refractivity contribution is 7.09. The first-order valence-corrected chi connectivity index (χ1v) is 6.09. The van der Waals surface area contributed by atoms with Crippen LogP contribution in [0.4, 0.5) is 0 Å². The molecule has 1 unspecified atom stereocenters. The molecule has 0 spiro atoms. The predicted molar refractivity (Wildman–Crippen MR) is 61.5 cm³/mol. The molecule has 16 heavy (non-hydrogen) atoms. The van der Waals surface area contributed by atoms with E-state index in [1.54, 1.807) is 17.5 Å². The molecule has 1 aliphatic heterocycles. The number of thiazole rings is 1. The smallest absolute Gasteiger partial charge is 0.305 e. The molecule has 3 N–H and O–H groups in total. The Balaban J connectivity index is 1.99. The summed E-state index contributed by atoms with van der Waals surface area (Å²) in [5.41, 5.74) is -0.309. The monoisotopic (exact) mass is 241 g/mol. The molecule has 88 valence electrons. The molecule has 2 heterocycles. The fourth-order valence-electron chi connectivity index (χ4n) is 1.96. The lowest BCUT2D eigenvalue weighted by Crippen LogP contribution is -2.68. The Kier molecular flexibility index (Phi) is 3.22. The molecule has 0 saturated carbocycles. The molecule has 0 radical (unpaired) electrons. The fourth-order valence-corrected chi connectivity index (χ4v) is 2.61. The van der Waals surface area contributed by atoms with E-state index in [1.807, 2.05) is 12.3 Å². The van der Waals surface area contributed by atoms with Gasteiger partial charge in [-0.2, -0.15) is 0 Å². The number of rotatable bonds is 5. The zero-order valence-corrected chi connectivity index (χ0v) is 9.88. The third kappa shape index (κ3) is 2.40. The Morgan fingerprint density at radius 2 is 2.56 bits per heavy atom. The lowest BCUT2D eigenvalue weighted by Gasteiger charge is -2.44. The van der Waals surface area contributed by atoms with Crippen molar-refractivity contribution in [1.82, 2.24) is 15.6 Å². The van der Waals surface area contributed by atoms with Crippen LogP contribution in [0.15, 0.2) is 11.6 Å². The third-order valence-corrected chi connectivity index (χ3v) is 3.72. The molecule has 6 heteroatoms. The van der Waals surface area contributed by atoms with Crippen molar-refractivity contribution in [3.05, 3.63) is 16.6 Å². The van der Waals surface area contributed by atoms with E-state index >= 15 is 0 Å². The van der Waals surface area contributed by atoms with E-state index in [-0.39, 0.29) is 18.0 Å². The van der Waals surface area contributed by atoms with Crippen LogP contribution in [0.1, 0.15) is 24.4 Å². The highest BCUT2D eigenvalue weighted by Gasteiger charge is 2.40. The molecule has 0 aliphatic carbocycles. The number of hydrogen-bond acceptors (Lipinski definition) is 5. The Labute approximate surface area is 97.9 Å². The minimum absolute atomic E-state index is 0.0986. The summed E-state index contributed by atoms with van der Waals surface area (Å²) in [6.07, 6.45) is 1.91. The Morgan fingerprint density at radius 1 is 1.81 bits per heavy atom. The average Bonchev–Trinajstić information content (AvgIpc) is 2.66. The Morgan fingerprint density at radius 3 is 3.00 bits per heavy atom. The van der Waals surface area contributed by atoms with Crippen molar-refractivity contribution in [1.29, 1.82) is 0 Å². The molecule has 0 bridgehead atoms. The van der Waals surface area contributed by atoms with E-state index in [0.717, 1.165) is 5.01 Å². The summed E-state index contributed by atoms with van der Waals surface area (Å²) in [6.45, 7) is 3.42. The Hall–Kier alpha value is -0.980. The van der Waals surface area contributed by atoms with Crippen LogP contribution >= 0.6 is 11.3 Å². The average molecular weight is 241 g/mol. The number of aliphatic carboxylic acids is 1. The zero-order chi connectivity index (χ0) is 11.6. The summed E-state index contributed by atoms with van der Waals surface area (Å²) in [5, 5.41) is 18.3. The number of hydrogen-bond donors (Lipinski definition) is 3. The van der Waals surface area contributed by atoms with Crippen LogP contribution in [-0.4, -0.2) is 34.7 Å². The van der Waals surface area contributed by atoms with Crippen molar-refractivity contribution in [2.24, 2.45) is 0 Å². The van der Waals surface area contributed by atoms with Gasteiger partial charge < -0.3 is 10.4 Å². The van der Waals surface area contributed by atoms with Crippen molar-refractivity contribution in [2.45, 2.75) is 24.9 Å². The number of carboxylic acid groups (broad SMARTS) is 1. The van der Waals surface area contributed by atoms with Gasteiger partial charge >= 0.3 is 5.97 Å². The quantitative estimate of drug-likeness (QED) is 0.704. The first kappa shape index (κ1) is 11.5. The second kappa shape index (κ2) is 4.48. The fraction of sp³-hybridized carbons (Fsp3) is 0.600. The normalized spacial score (nSPS) is 20.1. The number of nitrogens with zero attached hydrogens (tertiary/aromatic N) is 1. The summed E-state index contributed by atoms with van der Waals surface area (Å²) >= 11 is 1.58. The summed E-state index contributed by atoms with van der Waals surface area (Å²) < 4.78 is 0. The second-order valence-corrected chi connectivity index (χ2v) is 5.12. The maximum Gasteiger partial charge on any atom is 0.305 e. The first-order valence-electron chi connectivity index (χ1n) is 5.21. The van der Waals surface area contributed by atoms with Crippen LogP contribution < -0.4 is 10.6 Å². The molecule has 5 nitrogen and oxygen atoms in total. The third-order valence-electron chi connectivity index (χ3n) is 2.76. The molecule has 0 amide bonds. The maximum atomic E-state index is 10.8. The highest BCUT2D eigenvalue weighted by atomic mass is 32.1. The van der Waals surface area contributed by atoms with Crippen molar-refractivity contribution in [3.8, 4) is 0 Å². The number of carboxylic acids is 1. The van der Waals surface area contributed by atoms with Crippen molar-refractivity contribution < 1.29 is 9.90 Å². The lowest BCUT2D eigenvalue weighted by atomic mass is 9.88. The van der Waals surface area contributed by atoms with E-state index in [0.29, 0.717) is 13.1 Å². The van der Waals surface area contributed by atoms with Gasteiger partial charge in [-0.3, -0.25) is 10.1 Å². The summed E-state index contributed by atoms with van der Waals surface area (Å²) in [7, 11) is 0. The summed E-state index contributed by atoms with van der Waals surface area (Å²) in [5.74, 6) is -0.764. The van der Waals surface area contributed by atoms with Crippen molar-refractivity contribution in [2.75, 3.05) is 13.1 Å². The molecule has 2 rings (SSSR count). The van der Waals surface area contributed by atoms with Gasteiger partial charge in [-0.15, -0.1) is 11.3 Å². The first-order chi connectivity index (χ1) is 7.61. The SMILES string of the molecule is CC(NC1(CC(=O)O)CNC1)c1nccs1. The number of nitrogens with one attached hydrogen (secondary N) is 2. The van der Waals surface area contributed by atoms with Crippen molar-refractivity contribution >= 4 is 17.3 Å². The molecular weight excluding hydrogens is 226 g/mol. The van der Waals surface area contributed by atoms with E-state index in [4.69, 9.17) is 5.11 Å². The molecular formula is C10H15N3O2S. The van der Waals surface area contributed by atoms with Crippen LogP contribution in [-0.2, 0) is 4.79 Å². The largest absolute Gasteiger partial charge is 0.481 e. The Bertz CT molecular complexity index is 362. The van der Waals surface area contributed by atoms with E-state index in [9.17, 15) is 4.79 Å². The van der Waals surface area contributed by atoms with Gasteiger partial charge in [-0.25, -0.2) is 4.98 Å². The number of aromatic nitrogens is 1. The van der Waals surface area contributed by atoms with Crippen LogP contribution in [0.5, 0.6) is 0 Å². The predicted octanol–water partition coefficient (Wildman–Crippen LogP) is 0.610. The lowest BCUT2D eigenvalue weighted by molar-refractivity contribution is -0.139. The zero-order valence-electron chi connectivity index (χ0n) is 9.06. The van der Waals surface area contributed by atoms with Crippen LogP contribution in [0.25, 0.3) is 0 Å². The molecule has 0 aromatic carbocycles. The topological polar surface area (TPSA) is 74.2 Å². The van der Waals surface area contributed by atoms with Crippen LogP contribution in [0.3, 0.4) is 0 Å². The van der Waals surface area contributed by atoms with Gasteiger partial charge in [0, 0.05) is 24.7 Å². The summed E-state index contributed by atoms with van der Waals surface area (Å²) in [4.78, 5) is 15.0. The van der Waals surface area contributed by atoms with E-state index in [1.165, 1.54) is 0 Å². The van der Waals surface area contributed by atoms with E-state index < -0.39 is 5.97 Å². The minimum atomic E-state index is -0.764. The van der Waals surface area contributed by atoms with Crippen LogP contribution in [0.2, 0.25) is 0 Å². The molecule has 1 fully saturated rings. The van der Waals surface area contributed by atoms with E-state index in [2.05, 4.69) is 15.6 Å². The molecule has 1 aromatic heterocycles. The molecule has 1 aliphatic rings. The van der Waals surface area contributed by atoms with Gasteiger partial charge in [0.25, 0.3) is 0 Å². The van der Waals surface area contributed by atoms with Gasteiger partial charge in [0.05, 0.1) is 18.0 Å². The standard InChI is InChI=1S/C10H15N3O2S/c1-7(9-12-2-3-16-9)13-10(4-8(14)15)5-11-6-10/h2-3,7,11,13H,4-6H2,1H3,(H,14,15). The minimum Gasteiger partial charge on any atom is -0.481 e. The van der Waals surface area contributed by atoms with Crippen LogP contribution in [0, 0.1) is 0 Å². The maximum absolute atomic E-state index is 10.8.